The summed E-state index contributed by atoms with van der Waals surface area (Å²) in [6.07, 6.45) is 1.63. The van der Waals surface area contributed by atoms with E-state index >= 15 is 0 Å². The molecule has 2 aromatic rings. The molecule has 0 aliphatic carbocycles. The summed E-state index contributed by atoms with van der Waals surface area (Å²) in [6.45, 7) is 9.17. The van der Waals surface area contributed by atoms with Gasteiger partial charge in [0.2, 0.25) is 0 Å². The van der Waals surface area contributed by atoms with Crippen LogP contribution in [0.3, 0.4) is 0 Å². The van der Waals surface area contributed by atoms with Gasteiger partial charge in [-0.25, -0.2) is 0 Å². The van der Waals surface area contributed by atoms with E-state index in [1.807, 2.05) is 11.0 Å². The number of nitrogens with zero attached hydrogens (tertiary/aromatic N) is 2. The van der Waals surface area contributed by atoms with Crippen LogP contribution in [0.1, 0.15) is 33.5 Å². The van der Waals surface area contributed by atoms with Crippen LogP contribution in [0, 0.1) is 13.8 Å². The molecule has 0 radical (unpaired) electrons. The van der Waals surface area contributed by atoms with Crippen LogP contribution in [0.4, 0.5) is 0 Å². The molecule has 2 aromatic carbocycles. The van der Waals surface area contributed by atoms with Crippen LogP contribution in [0.5, 0.6) is 5.75 Å². The van der Waals surface area contributed by atoms with Gasteiger partial charge in [-0.15, -0.1) is 0 Å². The van der Waals surface area contributed by atoms with Gasteiger partial charge < -0.3 is 14.7 Å². The van der Waals surface area contributed by atoms with E-state index in [9.17, 15) is 4.79 Å². The summed E-state index contributed by atoms with van der Waals surface area (Å²) in [5.41, 5.74) is 4.47. The molecule has 1 amide bonds. The molecule has 30 heavy (non-hydrogen) atoms. The Hall–Kier alpha value is -2.08. The van der Waals surface area contributed by atoms with Crippen molar-refractivity contribution in [1.29, 1.82) is 0 Å². The highest BCUT2D eigenvalue weighted by molar-refractivity contribution is 6.30. The van der Waals surface area contributed by atoms with Crippen molar-refractivity contribution in [2.24, 2.45) is 0 Å². The molecule has 162 valence electrons. The molecule has 0 bridgehead atoms. The maximum Gasteiger partial charge on any atom is 0.253 e. The normalized spacial score (nSPS) is 14.7. The van der Waals surface area contributed by atoms with E-state index in [-0.39, 0.29) is 12.5 Å². The van der Waals surface area contributed by atoms with Crippen LogP contribution in [0.25, 0.3) is 0 Å². The fraction of sp³-hybridized carbons (Fsp3) is 0.458. The number of carbonyl (C=O) groups is 1. The zero-order valence-electron chi connectivity index (χ0n) is 17.9. The summed E-state index contributed by atoms with van der Waals surface area (Å²) in [6, 6.07) is 11.3. The Morgan fingerprint density at radius 2 is 1.73 bits per heavy atom. The average molecular weight is 431 g/mol. The molecule has 0 unspecified atom stereocenters. The van der Waals surface area contributed by atoms with Crippen molar-refractivity contribution < 1.29 is 14.6 Å². The van der Waals surface area contributed by atoms with E-state index in [0.29, 0.717) is 23.6 Å². The zero-order valence-corrected chi connectivity index (χ0v) is 18.6. The summed E-state index contributed by atoms with van der Waals surface area (Å²) in [7, 11) is 0. The smallest absolute Gasteiger partial charge is 0.253 e. The topological polar surface area (TPSA) is 53.0 Å². The van der Waals surface area contributed by atoms with Crippen molar-refractivity contribution >= 4 is 17.5 Å². The molecule has 1 aliphatic rings. The van der Waals surface area contributed by atoms with Gasteiger partial charge in [0, 0.05) is 56.3 Å². The largest absolute Gasteiger partial charge is 0.493 e. The predicted octanol–water partition coefficient (Wildman–Crippen LogP) is 3.72. The number of carbonyl (C=O) groups excluding carboxylic acids is 1. The highest BCUT2D eigenvalue weighted by Gasteiger charge is 2.22. The molecule has 1 fully saturated rings. The van der Waals surface area contributed by atoms with Crippen LogP contribution >= 0.6 is 11.6 Å². The Labute approximate surface area is 184 Å². The molecular formula is C24H31ClN2O3. The van der Waals surface area contributed by atoms with Gasteiger partial charge in [-0.05, 0) is 67.3 Å². The third-order valence-electron chi connectivity index (χ3n) is 5.86. The molecule has 1 aliphatic heterocycles. The highest BCUT2D eigenvalue weighted by atomic mass is 35.5. The number of amides is 1. The molecule has 1 saturated heterocycles. The second-order valence-corrected chi connectivity index (χ2v) is 8.23. The summed E-state index contributed by atoms with van der Waals surface area (Å²) in [5.74, 6) is 0.980. The molecule has 0 spiro atoms. The molecule has 6 heteroatoms. The number of ether oxygens (including phenoxy) is 1. The third kappa shape index (κ3) is 5.75. The van der Waals surface area contributed by atoms with E-state index in [4.69, 9.17) is 21.4 Å². The van der Waals surface area contributed by atoms with Crippen LogP contribution in [-0.4, -0.2) is 66.8 Å². The molecule has 0 atom stereocenters. The number of rotatable bonds is 8. The van der Waals surface area contributed by atoms with Crippen molar-refractivity contribution in [3.8, 4) is 5.75 Å². The van der Waals surface area contributed by atoms with Gasteiger partial charge in [0.15, 0.2) is 0 Å². The number of aliphatic hydroxyl groups is 1. The second kappa shape index (κ2) is 10.8. The first kappa shape index (κ1) is 22.6. The lowest BCUT2D eigenvalue weighted by atomic mass is 9.99. The Balaban J connectivity index is 1.49. The van der Waals surface area contributed by atoms with Crippen molar-refractivity contribution in [3.05, 3.63) is 63.7 Å². The van der Waals surface area contributed by atoms with E-state index < -0.39 is 0 Å². The van der Waals surface area contributed by atoms with Crippen LogP contribution in [0.2, 0.25) is 5.02 Å². The van der Waals surface area contributed by atoms with E-state index in [1.54, 1.807) is 24.3 Å². The van der Waals surface area contributed by atoms with Gasteiger partial charge in [-0.1, -0.05) is 17.7 Å². The zero-order chi connectivity index (χ0) is 21.5. The number of aliphatic hydroxyl groups excluding tert-OH is 1. The number of halogens is 1. The van der Waals surface area contributed by atoms with Crippen molar-refractivity contribution in [1.82, 2.24) is 9.80 Å². The summed E-state index contributed by atoms with van der Waals surface area (Å²) >= 11 is 5.92. The lowest BCUT2D eigenvalue weighted by Gasteiger charge is -2.35. The Kier molecular flexibility index (Phi) is 8.14. The van der Waals surface area contributed by atoms with Crippen LogP contribution < -0.4 is 4.74 Å². The summed E-state index contributed by atoms with van der Waals surface area (Å²) < 4.78 is 5.77. The first-order valence-electron chi connectivity index (χ1n) is 10.6. The van der Waals surface area contributed by atoms with Crippen molar-refractivity contribution in [3.63, 3.8) is 0 Å². The molecule has 0 saturated carbocycles. The number of piperazine rings is 1. The van der Waals surface area contributed by atoms with Crippen molar-refractivity contribution in [2.75, 3.05) is 45.9 Å². The maximum absolute atomic E-state index is 12.6. The minimum Gasteiger partial charge on any atom is -0.493 e. The van der Waals surface area contributed by atoms with E-state index in [1.165, 1.54) is 16.7 Å². The van der Waals surface area contributed by atoms with Gasteiger partial charge in [-0.3, -0.25) is 9.69 Å². The first-order valence-corrected chi connectivity index (χ1v) is 11.0. The van der Waals surface area contributed by atoms with Crippen molar-refractivity contribution in [2.45, 2.75) is 26.7 Å². The molecule has 5 nitrogen and oxygen atoms in total. The lowest BCUT2D eigenvalue weighted by Crippen LogP contribution is -2.49. The Morgan fingerprint density at radius 1 is 1.03 bits per heavy atom. The number of hydrogen-bond acceptors (Lipinski definition) is 4. The maximum atomic E-state index is 12.6. The first-order chi connectivity index (χ1) is 14.5. The molecule has 3 rings (SSSR count). The number of benzene rings is 2. The van der Waals surface area contributed by atoms with Gasteiger partial charge >= 0.3 is 0 Å². The Bertz CT molecular complexity index is 846. The third-order valence-corrected chi connectivity index (χ3v) is 6.11. The van der Waals surface area contributed by atoms with Gasteiger partial charge in [0.05, 0.1) is 6.61 Å². The fourth-order valence-corrected chi connectivity index (χ4v) is 3.88. The monoisotopic (exact) mass is 430 g/mol. The quantitative estimate of drug-likeness (QED) is 0.648. The van der Waals surface area contributed by atoms with Gasteiger partial charge in [0.1, 0.15) is 5.75 Å². The molecule has 1 N–H and O–H groups in total. The van der Waals surface area contributed by atoms with Crippen LogP contribution in [-0.2, 0) is 6.42 Å². The van der Waals surface area contributed by atoms with Gasteiger partial charge in [0.25, 0.3) is 5.91 Å². The molecule has 1 heterocycles. The van der Waals surface area contributed by atoms with E-state index in [2.05, 4.69) is 24.8 Å². The standard InChI is InChI=1S/C24H31ClN2O3/c1-18-19(2)23(30-17-3-16-28)9-6-20(18)10-11-26-12-14-27(15-13-26)24(29)21-4-7-22(25)8-5-21/h4-9,28H,3,10-17H2,1-2H3. The SMILES string of the molecule is Cc1c(CCN2CCN(C(=O)c3ccc(Cl)cc3)CC2)ccc(OCCCO)c1C. The number of hydrogen-bond donors (Lipinski definition) is 1. The highest BCUT2D eigenvalue weighted by Crippen LogP contribution is 2.25. The fourth-order valence-electron chi connectivity index (χ4n) is 3.75. The molecular weight excluding hydrogens is 400 g/mol. The molecule has 0 aromatic heterocycles. The van der Waals surface area contributed by atoms with Gasteiger partial charge in [-0.2, -0.15) is 0 Å². The minimum atomic E-state index is 0.0783. The predicted molar refractivity (Wildman–Crippen MR) is 121 cm³/mol. The lowest BCUT2D eigenvalue weighted by molar-refractivity contribution is 0.0638. The summed E-state index contributed by atoms with van der Waals surface area (Å²) in [4.78, 5) is 17.0. The average Bonchev–Trinajstić information content (AvgIpc) is 2.76. The summed E-state index contributed by atoms with van der Waals surface area (Å²) in [5, 5.41) is 9.55. The van der Waals surface area contributed by atoms with Crippen LogP contribution in [0.15, 0.2) is 36.4 Å². The minimum absolute atomic E-state index is 0.0783. The second-order valence-electron chi connectivity index (χ2n) is 7.79. The van der Waals surface area contributed by atoms with E-state index in [0.717, 1.165) is 44.9 Å². The Morgan fingerprint density at radius 3 is 2.40 bits per heavy atom.